The van der Waals surface area contributed by atoms with Crippen molar-refractivity contribution in [3.63, 3.8) is 0 Å². The van der Waals surface area contributed by atoms with Crippen molar-refractivity contribution >= 4 is 0 Å². The van der Waals surface area contributed by atoms with Crippen LogP contribution in [-0.4, -0.2) is 19.2 Å². The van der Waals surface area contributed by atoms with Gasteiger partial charge < -0.3 is 10.1 Å². The second-order valence-corrected chi connectivity index (χ2v) is 9.20. The smallest absolute Gasteiger partial charge is 0.370 e. The molecule has 1 N–H and O–H groups in total. The van der Waals surface area contributed by atoms with Gasteiger partial charge in [0.25, 0.3) is 0 Å². The number of aryl methyl sites for hydroxylation is 1. The number of ether oxygens (including phenoxy) is 1. The molecule has 4 rings (SSSR count). The highest BCUT2D eigenvalue weighted by Gasteiger charge is 2.44. The number of fused-ring (bicyclic) bond motifs is 1. The van der Waals surface area contributed by atoms with E-state index >= 15 is 0 Å². The van der Waals surface area contributed by atoms with Crippen molar-refractivity contribution in [1.29, 1.82) is 0 Å². The first-order chi connectivity index (χ1) is 15.4. The zero-order chi connectivity index (χ0) is 24.0. The first kappa shape index (κ1) is 24.1. The van der Waals surface area contributed by atoms with E-state index in [0.29, 0.717) is 18.3 Å². The Labute approximate surface area is 189 Å². The molecule has 1 heterocycles. The van der Waals surface area contributed by atoms with Crippen molar-refractivity contribution in [2.45, 2.75) is 57.2 Å². The van der Waals surface area contributed by atoms with Gasteiger partial charge in [0.05, 0.1) is 23.3 Å². The summed E-state index contributed by atoms with van der Waals surface area (Å²) < 4.78 is 86.2. The first-order valence-electron chi connectivity index (χ1n) is 11.2. The molecule has 1 aliphatic heterocycles. The summed E-state index contributed by atoms with van der Waals surface area (Å²) in [6, 6.07) is 9.67. The van der Waals surface area contributed by atoms with Gasteiger partial charge in [0.2, 0.25) is 0 Å². The van der Waals surface area contributed by atoms with E-state index in [1.165, 1.54) is 6.92 Å². The van der Waals surface area contributed by atoms with Gasteiger partial charge in [0, 0.05) is 5.92 Å². The average molecular weight is 471 g/mol. The van der Waals surface area contributed by atoms with Crippen LogP contribution in [0.5, 0.6) is 0 Å². The lowest BCUT2D eigenvalue weighted by molar-refractivity contribution is -0.143. The third-order valence-corrected chi connectivity index (χ3v) is 7.08. The molecule has 0 bridgehead atoms. The maximum absolute atomic E-state index is 13.3. The second kappa shape index (κ2) is 8.95. The van der Waals surface area contributed by atoms with Gasteiger partial charge in [-0.25, -0.2) is 0 Å². The molecule has 0 spiro atoms. The molecule has 2 aromatic rings. The minimum absolute atomic E-state index is 0.0234. The van der Waals surface area contributed by atoms with E-state index < -0.39 is 29.6 Å². The molecule has 1 saturated carbocycles. The molecule has 0 unspecified atom stereocenters. The lowest BCUT2D eigenvalue weighted by atomic mass is 9.68. The lowest BCUT2D eigenvalue weighted by Crippen LogP contribution is -2.38. The zero-order valence-corrected chi connectivity index (χ0v) is 18.4. The number of alkyl halides is 6. The van der Waals surface area contributed by atoms with Crippen LogP contribution in [0.4, 0.5) is 26.3 Å². The van der Waals surface area contributed by atoms with Crippen LogP contribution < -0.4 is 5.32 Å². The third kappa shape index (κ3) is 5.06. The number of halogens is 6. The van der Waals surface area contributed by atoms with E-state index in [1.54, 1.807) is 0 Å². The van der Waals surface area contributed by atoms with E-state index in [0.717, 1.165) is 42.8 Å². The number of hydrogen-bond acceptors (Lipinski definition) is 2. The van der Waals surface area contributed by atoms with Crippen LogP contribution in [0.25, 0.3) is 0 Å². The summed E-state index contributed by atoms with van der Waals surface area (Å²) in [4.78, 5) is 0. The zero-order valence-electron chi connectivity index (χ0n) is 18.4. The Balaban J connectivity index is 1.67. The molecular formula is C25H27F6NO. The lowest BCUT2D eigenvalue weighted by Gasteiger charge is -2.41. The summed E-state index contributed by atoms with van der Waals surface area (Å²) in [6.07, 6.45) is -9.37. The SMILES string of the molecule is Cc1ccccc1[C@H]1[C@@H]2CNC[C@H]2CC[C@@H]1O[C@H](C)c1cc(C(F)(F)F)cc(C(F)(F)F)c1. The van der Waals surface area contributed by atoms with Gasteiger partial charge in [0.15, 0.2) is 0 Å². The van der Waals surface area contributed by atoms with Crippen LogP contribution in [0.2, 0.25) is 0 Å². The quantitative estimate of drug-likeness (QED) is 0.490. The van der Waals surface area contributed by atoms with Crippen LogP contribution >= 0.6 is 0 Å². The monoisotopic (exact) mass is 471 g/mol. The third-order valence-electron chi connectivity index (χ3n) is 7.08. The highest BCUT2D eigenvalue weighted by molar-refractivity contribution is 5.35. The number of hydrogen-bond donors (Lipinski definition) is 1. The van der Waals surface area contributed by atoms with E-state index in [4.69, 9.17) is 4.74 Å². The predicted octanol–water partition coefficient (Wildman–Crippen LogP) is 6.89. The number of rotatable bonds is 4. The molecule has 180 valence electrons. The van der Waals surface area contributed by atoms with E-state index in [2.05, 4.69) is 5.32 Å². The largest absolute Gasteiger partial charge is 0.416 e. The fourth-order valence-electron chi connectivity index (χ4n) is 5.42. The molecule has 0 amide bonds. The van der Waals surface area contributed by atoms with E-state index in [1.807, 2.05) is 31.2 Å². The van der Waals surface area contributed by atoms with Crippen molar-refractivity contribution in [2.75, 3.05) is 13.1 Å². The summed E-state index contributed by atoms with van der Waals surface area (Å²) >= 11 is 0. The van der Waals surface area contributed by atoms with E-state index in [9.17, 15) is 26.3 Å². The van der Waals surface area contributed by atoms with Crippen molar-refractivity contribution < 1.29 is 31.1 Å². The van der Waals surface area contributed by atoms with Crippen LogP contribution in [0.3, 0.4) is 0 Å². The van der Waals surface area contributed by atoms with Gasteiger partial charge in [-0.15, -0.1) is 0 Å². The molecule has 5 atom stereocenters. The number of nitrogens with one attached hydrogen (secondary N) is 1. The summed E-state index contributed by atoms with van der Waals surface area (Å²) in [7, 11) is 0. The molecule has 2 aromatic carbocycles. The summed E-state index contributed by atoms with van der Waals surface area (Å²) in [5.74, 6) is 0.815. The molecule has 1 aliphatic carbocycles. The molecule has 1 saturated heterocycles. The fraction of sp³-hybridized carbons (Fsp3) is 0.520. The molecule has 2 fully saturated rings. The van der Waals surface area contributed by atoms with Gasteiger partial charge >= 0.3 is 12.4 Å². The van der Waals surface area contributed by atoms with Crippen LogP contribution in [0, 0.1) is 18.8 Å². The minimum Gasteiger partial charge on any atom is -0.370 e. The Morgan fingerprint density at radius 1 is 0.909 bits per heavy atom. The van der Waals surface area contributed by atoms with Crippen molar-refractivity contribution in [3.8, 4) is 0 Å². The topological polar surface area (TPSA) is 21.3 Å². The molecule has 0 radical (unpaired) electrons. The standard InChI is InChI=1S/C25H27F6NO/c1-14-5-3-4-6-20(14)23-21-13-32-12-16(21)7-8-22(23)33-15(2)17-9-18(24(26,27)28)11-19(10-17)25(29,30)31/h3-6,9-11,15-16,21-23,32H,7-8,12-13H2,1-2H3/t15-,16-,21-,22+,23+/m1/s1. The summed E-state index contributed by atoms with van der Waals surface area (Å²) in [5.41, 5.74) is -0.515. The maximum Gasteiger partial charge on any atom is 0.416 e. The van der Waals surface area contributed by atoms with Gasteiger partial charge in [0.1, 0.15) is 0 Å². The molecule has 2 nitrogen and oxygen atoms in total. The Morgan fingerprint density at radius 2 is 1.55 bits per heavy atom. The number of benzene rings is 2. The summed E-state index contributed by atoms with van der Waals surface area (Å²) in [5, 5.41) is 3.43. The van der Waals surface area contributed by atoms with Gasteiger partial charge in [-0.1, -0.05) is 24.3 Å². The highest BCUT2D eigenvalue weighted by Crippen LogP contribution is 2.47. The molecule has 0 aromatic heterocycles. The molecule has 8 heteroatoms. The predicted molar refractivity (Wildman–Crippen MR) is 113 cm³/mol. The molecular weight excluding hydrogens is 444 g/mol. The Hall–Kier alpha value is -2.06. The first-order valence-corrected chi connectivity index (χ1v) is 11.2. The van der Waals surface area contributed by atoms with E-state index in [-0.39, 0.29) is 23.7 Å². The summed E-state index contributed by atoms with van der Waals surface area (Å²) in [6.45, 7) is 5.28. The van der Waals surface area contributed by atoms with Crippen molar-refractivity contribution in [3.05, 3.63) is 70.3 Å². The van der Waals surface area contributed by atoms with Crippen molar-refractivity contribution in [1.82, 2.24) is 5.32 Å². The normalized spacial score (nSPS) is 26.8. The fourth-order valence-corrected chi connectivity index (χ4v) is 5.42. The van der Waals surface area contributed by atoms with Crippen molar-refractivity contribution in [2.24, 2.45) is 11.8 Å². The minimum atomic E-state index is -4.88. The average Bonchev–Trinajstić information content (AvgIpc) is 3.21. The van der Waals surface area contributed by atoms with Crippen LogP contribution in [-0.2, 0) is 17.1 Å². The van der Waals surface area contributed by atoms with Gasteiger partial charge in [-0.2, -0.15) is 26.3 Å². The Kier molecular flexibility index (Phi) is 6.53. The van der Waals surface area contributed by atoms with Crippen LogP contribution in [0.15, 0.2) is 42.5 Å². The Bertz CT molecular complexity index is 953. The second-order valence-electron chi connectivity index (χ2n) is 9.20. The maximum atomic E-state index is 13.3. The van der Waals surface area contributed by atoms with Crippen LogP contribution in [0.1, 0.15) is 59.6 Å². The Morgan fingerprint density at radius 3 is 2.15 bits per heavy atom. The highest BCUT2D eigenvalue weighted by atomic mass is 19.4. The van der Waals surface area contributed by atoms with Gasteiger partial charge in [-0.3, -0.25) is 0 Å². The van der Waals surface area contributed by atoms with Gasteiger partial charge in [-0.05, 0) is 86.5 Å². The molecule has 33 heavy (non-hydrogen) atoms. The molecule has 2 aliphatic rings.